The number of hydrogen-bond acceptors (Lipinski definition) is 5. The third-order valence-corrected chi connectivity index (χ3v) is 8.85. The molecule has 5 heteroatoms. The fourth-order valence-electron chi connectivity index (χ4n) is 7.19. The first-order valence-electron chi connectivity index (χ1n) is 11.8. The number of fused-ring (bicyclic) bond motifs is 5. The Morgan fingerprint density at radius 3 is 2.57 bits per heavy atom. The standard InChI is InChI=1S/C25H35N3O2/c1-24-11-9-19(29-15-3-13-26)17-18(24)5-6-20-21-7-8-23(28-30-16-4-14-27)25(21,2)12-10-22(20)24/h5,19-22H,3-4,6-12,15-17H2,1-2H3/b28-23+. The number of nitrogens with zero attached hydrogens (tertiary/aromatic N) is 3. The van der Waals surface area contributed by atoms with Crippen LogP contribution >= 0.6 is 0 Å². The van der Waals surface area contributed by atoms with Gasteiger partial charge in [0, 0.05) is 5.41 Å². The average molecular weight is 410 g/mol. The fourth-order valence-corrected chi connectivity index (χ4v) is 7.19. The predicted molar refractivity (Wildman–Crippen MR) is 115 cm³/mol. The SMILES string of the molecule is CC12CCC(OCCC#N)CC1=CCC1C2CCC2(C)/C(=N/OCCC#N)CCC12. The first-order chi connectivity index (χ1) is 14.5. The molecule has 0 radical (unpaired) electrons. The van der Waals surface area contributed by atoms with Crippen molar-refractivity contribution in [3.8, 4) is 12.1 Å². The molecule has 6 atom stereocenters. The van der Waals surface area contributed by atoms with Crippen LogP contribution in [0.1, 0.15) is 78.1 Å². The van der Waals surface area contributed by atoms with Gasteiger partial charge in [0.2, 0.25) is 0 Å². The summed E-state index contributed by atoms with van der Waals surface area (Å²) in [5, 5.41) is 22.0. The van der Waals surface area contributed by atoms with E-state index < -0.39 is 0 Å². The van der Waals surface area contributed by atoms with Crippen LogP contribution in [0.5, 0.6) is 0 Å². The summed E-state index contributed by atoms with van der Waals surface area (Å²) in [6.45, 7) is 5.89. The van der Waals surface area contributed by atoms with E-state index in [1.165, 1.54) is 37.8 Å². The Morgan fingerprint density at radius 2 is 1.77 bits per heavy atom. The van der Waals surface area contributed by atoms with Gasteiger partial charge in [0.25, 0.3) is 0 Å². The molecule has 0 saturated heterocycles. The van der Waals surface area contributed by atoms with Gasteiger partial charge in [-0.1, -0.05) is 30.7 Å². The summed E-state index contributed by atoms with van der Waals surface area (Å²) in [4.78, 5) is 5.49. The Kier molecular flexibility index (Phi) is 6.21. The molecule has 30 heavy (non-hydrogen) atoms. The van der Waals surface area contributed by atoms with Crippen molar-refractivity contribution in [2.75, 3.05) is 13.2 Å². The Balaban J connectivity index is 1.47. The lowest BCUT2D eigenvalue weighted by Gasteiger charge is -2.57. The van der Waals surface area contributed by atoms with Crippen molar-refractivity contribution in [2.24, 2.45) is 33.7 Å². The molecule has 3 fully saturated rings. The van der Waals surface area contributed by atoms with Crippen LogP contribution in [0.25, 0.3) is 0 Å². The maximum atomic E-state index is 8.77. The fraction of sp³-hybridized carbons (Fsp3) is 0.800. The molecule has 162 valence electrons. The van der Waals surface area contributed by atoms with E-state index >= 15 is 0 Å². The monoisotopic (exact) mass is 409 g/mol. The molecule has 0 amide bonds. The van der Waals surface area contributed by atoms with Crippen LogP contribution in [0.4, 0.5) is 0 Å². The molecule has 0 bridgehead atoms. The van der Waals surface area contributed by atoms with Gasteiger partial charge in [-0.05, 0) is 74.5 Å². The summed E-state index contributed by atoms with van der Waals surface area (Å²) in [5.74, 6) is 2.18. The maximum Gasteiger partial charge on any atom is 0.130 e. The summed E-state index contributed by atoms with van der Waals surface area (Å²) >= 11 is 0. The Hall–Kier alpha value is -1.85. The normalized spacial score (nSPS) is 41.1. The molecule has 5 nitrogen and oxygen atoms in total. The van der Waals surface area contributed by atoms with Crippen LogP contribution in [-0.4, -0.2) is 25.0 Å². The number of allylic oxidation sites excluding steroid dienone is 1. The van der Waals surface area contributed by atoms with Crippen LogP contribution in [0.2, 0.25) is 0 Å². The smallest absolute Gasteiger partial charge is 0.130 e. The van der Waals surface area contributed by atoms with Crippen molar-refractivity contribution in [1.29, 1.82) is 10.5 Å². The number of ether oxygens (including phenoxy) is 1. The Morgan fingerprint density at radius 1 is 1.03 bits per heavy atom. The minimum absolute atomic E-state index is 0.160. The van der Waals surface area contributed by atoms with Crippen LogP contribution < -0.4 is 0 Å². The van der Waals surface area contributed by atoms with E-state index in [9.17, 15) is 0 Å². The second-order valence-electron chi connectivity index (χ2n) is 10.2. The summed E-state index contributed by atoms with van der Waals surface area (Å²) in [7, 11) is 0. The maximum absolute atomic E-state index is 8.77. The highest BCUT2D eigenvalue weighted by molar-refractivity contribution is 5.92. The molecular formula is C25H35N3O2. The molecule has 0 spiro atoms. The lowest BCUT2D eigenvalue weighted by Crippen LogP contribution is -2.50. The third kappa shape index (κ3) is 3.67. The van der Waals surface area contributed by atoms with E-state index in [0.29, 0.717) is 43.5 Å². The number of rotatable bonds is 6. The molecule has 0 aromatic heterocycles. The topological polar surface area (TPSA) is 78.4 Å². The highest BCUT2D eigenvalue weighted by atomic mass is 16.6. The first-order valence-corrected chi connectivity index (χ1v) is 11.8. The highest BCUT2D eigenvalue weighted by Crippen LogP contribution is 2.64. The van der Waals surface area contributed by atoms with Crippen LogP contribution in [-0.2, 0) is 9.57 Å². The van der Waals surface area contributed by atoms with E-state index in [1.54, 1.807) is 5.57 Å². The zero-order chi connectivity index (χ0) is 21.2. The molecule has 4 aliphatic rings. The molecule has 0 aliphatic heterocycles. The van der Waals surface area contributed by atoms with Crippen molar-refractivity contribution < 1.29 is 9.57 Å². The lowest BCUT2D eigenvalue weighted by molar-refractivity contribution is -0.0362. The van der Waals surface area contributed by atoms with Crippen molar-refractivity contribution in [3.63, 3.8) is 0 Å². The summed E-state index contributed by atoms with van der Waals surface area (Å²) in [5.41, 5.74) is 3.32. The molecule has 6 unspecified atom stereocenters. The first kappa shape index (κ1) is 21.4. The van der Waals surface area contributed by atoms with Gasteiger partial charge in [0.15, 0.2) is 0 Å². The van der Waals surface area contributed by atoms with Gasteiger partial charge in [0.05, 0.1) is 43.4 Å². The van der Waals surface area contributed by atoms with Crippen molar-refractivity contribution in [3.05, 3.63) is 11.6 Å². The minimum atomic E-state index is 0.160. The molecule has 0 heterocycles. The number of nitriles is 2. The number of hydrogen-bond donors (Lipinski definition) is 0. The summed E-state index contributed by atoms with van der Waals surface area (Å²) in [6, 6.07) is 4.30. The van der Waals surface area contributed by atoms with E-state index in [1.807, 2.05) is 0 Å². The van der Waals surface area contributed by atoms with E-state index in [4.69, 9.17) is 20.1 Å². The van der Waals surface area contributed by atoms with Gasteiger partial charge in [-0.3, -0.25) is 0 Å². The van der Waals surface area contributed by atoms with Gasteiger partial charge in [0.1, 0.15) is 6.61 Å². The molecule has 0 aromatic rings. The van der Waals surface area contributed by atoms with Crippen LogP contribution in [0.15, 0.2) is 16.8 Å². The van der Waals surface area contributed by atoms with Crippen molar-refractivity contribution in [1.82, 2.24) is 0 Å². The predicted octanol–water partition coefficient (Wildman–Crippen LogP) is 5.53. The van der Waals surface area contributed by atoms with E-state index in [-0.39, 0.29) is 5.41 Å². The largest absolute Gasteiger partial charge is 0.395 e. The van der Waals surface area contributed by atoms with E-state index in [0.717, 1.165) is 31.1 Å². The summed E-state index contributed by atoms with van der Waals surface area (Å²) < 4.78 is 5.99. The Bertz CT molecular complexity index is 791. The zero-order valence-electron chi connectivity index (χ0n) is 18.5. The molecule has 4 aliphatic carbocycles. The van der Waals surface area contributed by atoms with Gasteiger partial charge >= 0.3 is 0 Å². The third-order valence-electron chi connectivity index (χ3n) is 8.85. The quantitative estimate of drug-likeness (QED) is 0.328. The van der Waals surface area contributed by atoms with Gasteiger partial charge in [-0.15, -0.1) is 0 Å². The average Bonchev–Trinajstić information content (AvgIpc) is 3.08. The second-order valence-corrected chi connectivity index (χ2v) is 10.2. The molecule has 4 rings (SSSR count). The van der Waals surface area contributed by atoms with Gasteiger partial charge in [-0.25, -0.2) is 0 Å². The molecule has 0 aromatic carbocycles. The molecule has 3 saturated carbocycles. The van der Waals surface area contributed by atoms with Gasteiger partial charge < -0.3 is 9.57 Å². The van der Waals surface area contributed by atoms with Gasteiger partial charge in [-0.2, -0.15) is 10.5 Å². The van der Waals surface area contributed by atoms with Crippen molar-refractivity contribution >= 4 is 5.71 Å². The minimum Gasteiger partial charge on any atom is -0.395 e. The highest BCUT2D eigenvalue weighted by Gasteiger charge is 2.58. The molecular weight excluding hydrogens is 374 g/mol. The van der Waals surface area contributed by atoms with Crippen molar-refractivity contribution in [2.45, 2.75) is 84.2 Å². The molecule has 0 N–H and O–H groups in total. The zero-order valence-corrected chi connectivity index (χ0v) is 18.5. The second kappa shape index (κ2) is 8.72. The van der Waals surface area contributed by atoms with Crippen LogP contribution in [0, 0.1) is 51.2 Å². The van der Waals surface area contributed by atoms with Crippen LogP contribution in [0.3, 0.4) is 0 Å². The van der Waals surface area contributed by atoms with E-state index in [2.05, 4.69) is 37.2 Å². The Labute approximate surface area is 181 Å². The number of oxime groups is 1. The lowest BCUT2D eigenvalue weighted by atomic mass is 9.48. The summed E-state index contributed by atoms with van der Waals surface area (Å²) in [6.07, 6.45) is 13.0.